The molecule has 2 fully saturated rings. The van der Waals surface area contributed by atoms with Crippen molar-refractivity contribution in [2.75, 3.05) is 67.1 Å². The Balaban J connectivity index is 0.00000363. The summed E-state index contributed by atoms with van der Waals surface area (Å²) in [5.74, 6) is 1.80. The van der Waals surface area contributed by atoms with E-state index in [-0.39, 0.29) is 29.5 Å². The second kappa shape index (κ2) is 13.6. The molecule has 1 aromatic carbocycles. The molecule has 0 aromatic heterocycles. The largest absolute Gasteiger partial charge is 0.497 e. The zero-order chi connectivity index (χ0) is 22.1. The number of hydrogen-bond donors (Lipinski definition) is 2. The highest BCUT2D eigenvalue weighted by atomic mass is 127. The number of nitrogens with zero attached hydrogens (tertiary/aromatic N) is 3. The lowest BCUT2D eigenvalue weighted by Crippen LogP contribution is -2.52. The van der Waals surface area contributed by atoms with Crippen molar-refractivity contribution in [2.24, 2.45) is 4.99 Å². The number of nitrogens with one attached hydrogen (secondary N) is 2. The zero-order valence-corrected chi connectivity index (χ0v) is 22.6. The Labute approximate surface area is 211 Å². The van der Waals surface area contributed by atoms with Gasteiger partial charge in [0, 0.05) is 31.8 Å². The average molecular weight is 560 g/mol. The van der Waals surface area contributed by atoms with E-state index >= 15 is 0 Å². The molecule has 8 heteroatoms. The lowest BCUT2D eigenvalue weighted by atomic mass is 9.89. The van der Waals surface area contributed by atoms with E-state index in [0.717, 1.165) is 70.5 Å². The third kappa shape index (κ3) is 7.20. The van der Waals surface area contributed by atoms with Crippen LogP contribution in [-0.4, -0.2) is 88.4 Å². The molecule has 182 valence electrons. The van der Waals surface area contributed by atoms with Crippen LogP contribution in [0.5, 0.6) is 5.75 Å². The normalized spacial score (nSPS) is 20.0. The van der Waals surface area contributed by atoms with Gasteiger partial charge >= 0.3 is 0 Å². The van der Waals surface area contributed by atoms with Crippen molar-refractivity contribution in [3.8, 4) is 5.75 Å². The SMILES string of the molecule is CCNC(=NCC1(N(C)C)CCOCC1)NCC(c1ccc(OC)cc1)N1CCCC1.I. The molecule has 1 aromatic rings. The molecule has 2 saturated heterocycles. The fourth-order valence-electron chi connectivity index (χ4n) is 4.60. The lowest BCUT2D eigenvalue weighted by molar-refractivity contribution is -0.00255. The summed E-state index contributed by atoms with van der Waals surface area (Å²) in [7, 11) is 6.04. The maximum atomic E-state index is 5.61. The van der Waals surface area contributed by atoms with Crippen molar-refractivity contribution >= 4 is 29.9 Å². The molecule has 2 N–H and O–H groups in total. The zero-order valence-electron chi connectivity index (χ0n) is 20.2. The van der Waals surface area contributed by atoms with Crippen LogP contribution in [0.25, 0.3) is 0 Å². The highest BCUT2D eigenvalue weighted by Crippen LogP contribution is 2.27. The maximum absolute atomic E-state index is 5.61. The van der Waals surface area contributed by atoms with E-state index in [2.05, 4.69) is 65.7 Å². The maximum Gasteiger partial charge on any atom is 0.191 e. The topological polar surface area (TPSA) is 61.4 Å². The van der Waals surface area contributed by atoms with Gasteiger partial charge in [-0.2, -0.15) is 0 Å². The molecule has 1 unspecified atom stereocenters. The molecule has 2 heterocycles. The molecule has 0 saturated carbocycles. The Morgan fingerprint density at radius 3 is 2.38 bits per heavy atom. The summed E-state index contributed by atoms with van der Waals surface area (Å²) in [6.45, 7) is 8.49. The van der Waals surface area contributed by atoms with Crippen LogP contribution < -0.4 is 15.4 Å². The smallest absolute Gasteiger partial charge is 0.191 e. The van der Waals surface area contributed by atoms with Gasteiger partial charge in [-0.05, 0) is 77.5 Å². The number of hydrogen-bond acceptors (Lipinski definition) is 5. The van der Waals surface area contributed by atoms with E-state index in [1.54, 1.807) is 7.11 Å². The Bertz CT molecular complexity index is 686. The monoisotopic (exact) mass is 559 g/mol. The number of aliphatic imine (C=N–C) groups is 1. The number of likely N-dealkylation sites (N-methyl/N-ethyl adjacent to an activating group) is 1. The fraction of sp³-hybridized carbons (Fsp3) is 0.708. The molecule has 32 heavy (non-hydrogen) atoms. The van der Waals surface area contributed by atoms with Crippen molar-refractivity contribution in [1.82, 2.24) is 20.4 Å². The van der Waals surface area contributed by atoms with Crippen LogP contribution in [0.4, 0.5) is 0 Å². The predicted octanol–water partition coefficient (Wildman–Crippen LogP) is 3.12. The van der Waals surface area contributed by atoms with Crippen molar-refractivity contribution in [3.63, 3.8) is 0 Å². The van der Waals surface area contributed by atoms with Crippen LogP contribution in [0, 0.1) is 0 Å². The van der Waals surface area contributed by atoms with Gasteiger partial charge in [0.05, 0.1) is 19.7 Å². The van der Waals surface area contributed by atoms with E-state index in [1.807, 2.05) is 0 Å². The molecule has 0 spiro atoms. The highest BCUT2D eigenvalue weighted by Gasteiger charge is 2.34. The van der Waals surface area contributed by atoms with E-state index in [1.165, 1.54) is 18.4 Å². The number of benzene rings is 1. The number of ether oxygens (including phenoxy) is 2. The first-order valence-electron chi connectivity index (χ1n) is 11.7. The van der Waals surface area contributed by atoms with Gasteiger partial charge in [-0.25, -0.2) is 0 Å². The minimum atomic E-state index is 0. The molecular formula is C24H42IN5O2. The highest BCUT2D eigenvalue weighted by molar-refractivity contribution is 14.0. The van der Waals surface area contributed by atoms with Crippen LogP contribution in [0.3, 0.4) is 0 Å². The molecule has 2 aliphatic rings. The summed E-state index contributed by atoms with van der Waals surface area (Å²) in [5.41, 5.74) is 1.39. The Hall–Kier alpha value is -1.10. The van der Waals surface area contributed by atoms with Crippen molar-refractivity contribution in [3.05, 3.63) is 29.8 Å². The van der Waals surface area contributed by atoms with Crippen LogP contribution in [0.1, 0.15) is 44.2 Å². The summed E-state index contributed by atoms with van der Waals surface area (Å²) in [5, 5.41) is 7.08. The fourth-order valence-corrected chi connectivity index (χ4v) is 4.60. The van der Waals surface area contributed by atoms with Gasteiger partial charge in [0.2, 0.25) is 0 Å². The van der Waals surface area contributed by atoms with Crippen LogP contribution >= 0.6 is 24.0 Å². The first kappa shape index (κ1) is 27.1. The van der Waals surface area contributed by atoms with Crippen molar-refractivity contribution in [1.29, 1.82) is 0 Å². The summed E-state index contributed by atoms with van der Waals surface area (Å²) in [6.07, 6.45) is 4.58. The predicted molar refractivity (Wildman–Crippen MR) is 142 cm³/mol. The number of methoxy groups -OCH3 is 1. The van der Waals surface area contributed by atoms with E-state index in [9.17, 15) is 0 Å². The molecular weight excluding hydrogens is 517 g/mol. The molecule has 3 rings (SSSR count). The van der Waals surface area contributed by atoms with E-state index in [4.69, 9.17) is 14.5 Å². The van der Waals surface area contributed by atoms with Crippen LogP contribution in [-0.2, 0) is 4.74 Å². The number of rotatable bonds is 9. The molecule has 1 atom stereocenters. The number of halogens is 1. The standard InChI is InChI=1S/C24H41N5O2.HI/c1-5-25-23(27-19-24(28(2)3)12-16-31-17-13-24)26-18-22(29-14-6-7-15-29)20-8-10-21(30-4)11-9-20;/h8-11,22H,5-7,12-19H2,1-4H3,(H2,25,26,27);1H. The van der Waals surface area contributed by atoms with E-state index < -0.39 is 0 Å². The van der Waals surface area contributed by atoms with Gasteiger partial charge in [-0.3, -0.25) is 9.89 Å². The van der Waals surface area contributed by atoms with Crippen molar-refractivity contribution < 1.29 is 9.47 Å². The van der Waals surface area contributed by atoms with Gasteiger partial charge in [-0.1, -0.05) is 12.1 Å². The van der Waals surface area contributed by atoms with Crippen LogP contribution in [0.2, 0.25) is 0 Å². The van der Waals surface area contributed by atoms with E-state index in [0.29, 0.717) is 6.04 Å². The number of guanidine groups is 1. The van der Waals surface area contributed by atoms with Gasteiger partial charge in [0.1, 0.15) is 5.75 Å². The summed E-state index contributed by atoms with van der Waals surface area (Å²) in [6, 6.07) is 8.82. The molecule has 0 aliphatic carbocycles. The minimum Gasteiger partial charge on any atom is -0.497 e. The van der Waals surface area contributed by atoms with Gasteiger partial charge in [0.25, 0.3) is 0 Å². The molecule has 0 bridgehead atoms. The molecule has 2 aliphatic heterocycles. The summed E-state index contributed by atoms with van der Waals surface area (Å²) >= 11 is 0. The molecule has 0 radical (unpaired) electrons. The molecule has 7 nitrogen and oxygen atoms in total. The lowest BCUT2D eigenvalue weighted by Gasteiger charge is -2.41. The third-order valence-electron chi connectivity index (χ3n) is 6.79. The number of likely N-dealkylation sites (tertiary alicyclic amines) is 1. The molecule has 0 amide bonds. The Morgan fingerprint density at radius 2 is 1.81 bits per heavy atom. The quantitative estimate of drug-likeness (QED) is 0.276. The summed E-state index contributed by atoms with van der Waals surface area (Å²) in [4.78, 5) is 9.92. The summed E-state index contributed by atoms with van der Waals surface area (Å²) < 4.78 is 11.0. The Kier molecular flexibility index (Phi) is 11.5. The minimum absolute atomic E-state index is 0. The van der Waals surface area contributed by atoms with Crippen molar-refractivity contribution in [2.45, 2.75) is 44.2 Å². The first-order chi connectivity index (χ1) is 15.1. The second-order valence-electron chi connectivity index (χ2n) is 8.84. The third-order valence-corrected chi connectivity index (χ3v) is 6.79. The van der Waals surface area contributed by atoms with Crippen LogP contribution in [0.15, 0.2) is 29.3 Å². The van der Waals surface area contributed by atoms with Gasteiger partial charge in [0.15, 0.2) is 5.96 Å². The van der Waals surface area contributed by atoms with Gasteiger partial charge < -0.3 is 25.0 Å². The van der Waals surface area contributed by atoms with Gasteiger partial charge in [-0.15, -0.1) is 24.0 Å². The average Bonchev–Trinajstić information content (AvgIpc) is 3.33. The Morgan fingerprint density at radius 1 is 1.16 bits per heavy atom. The second-order valence-corrected chi connectivity index (χ2v) is 8.84. The first-order valence-corrected chi connectivity index (χ1v) is 11.7.